The van der Waals surface area contributed by atoms with E-state index in [0.29, 0.717) is 19.0 Å². The second-order valence-electron chi connectivity index (χ2n) is 4.90. The monoisotopic (exact) mass is 263 g/mol. The molecule has 104 valence electrons. The average molecular weight is 263 g/mol. The lowest BCUT2D eigenvalue weighted by molar-refractivity contribution is -0.117. The zero-order valence-corrected chi connectivity index (χ0v) is 11.3. The van der Waals surface area contributed by atoms with E-state index < -0.39 is 0 Å². The molecule has 1 unspecified atom stereocenters. The maximum Gasteiger partial charge on any atom is 0.238 e. The topological polar surface area (TPSA) is 67.6 Å². The van der Waals surface area contributed by atoms with Crippen LogP contribution >= 0.6 is 0 Å². The molecule has 1 aliphatic rings. The summed E-state index contributed by atoms with van der Waals surface area (Å²) in [5.74, 6) is 1.33. The van der Waals surface area contributed by atoms with Crippen molar-refractivity contribution in [2.75, 3.05) is 38.6 Å². The number of ether oxygens (including phenoxy) is 1. The van der Waals surface area contributed by atoms with Crippen LogP contribution in [0, 0.1) is 5.92 Å². The van der Waals surface area contributed by atoms with Crippen molar-refractivity contribution >= 4 is 11.6 Å². The number of hydrogen-bond acceptors (Lipinski definition) is 4. The molecular weight excluding hydrogens is 242 g/mol. The van der Waals surface area contributed by atoms with Crippen LogP contribution in [0.15, 0.2) is 24.3 Å². The number of amides is 1. The Morgan fingerprint density at radius 2 is 2.21 bits per heavy atom. The van der Waals surface area contributed by atoms with Gasteiger partial charge in [0.1, 0.15) is 5.75 Å². The molecule has 19 heavy (non-hydrogen) atoms. The number of nitrogens with one attached hydrogen (secondary N) is 1. The SMILES string of the molecule is COc1ccc(NC(=O)CN2CCC(CN)C2)cc1. The van der Waals surface area contributed by atoms with E-state index in [1.54, 1.807) is 7.11 Å². The number of nitrogens with two attached hydrogens (primary N) is 1. The Morgan fingerprint density at radius 3 is 2.79 bits per heavy atom. The lowest BCUT2D eigenvalue weighted by Crippen LogP contribution is -2.32. The van der Waals surface area contributed by atoms with E-state index in [1.807, 2.05) is 24.3 Å². The number of benzene rings is 1. The van der Waals surface area contributed by atoms with E-state index in [2.05, 4.69) is 10.2 Å². The molecule has 0 bridgehead atoms. The van der Waals surface area contributed by atoms with Crippen LogP contribution in [0.25, 0.3) is 0 Å². The fourth-order valence-electron chi connectivity index (χ4n) is 2.33. The predicted molar refractivity (Wildman–Crippen MR) is 75.2 cm³/mol. The first-order chi connectivity index (χ1) is 9.21. The molecule has 1 saturated heterocycles. The Labute approximate surface area is 113 Å². The number of hydrogen-bond donors (Lipinski definition) is 2. The van der Waals surface area contributed by atoms with Crippen molar-refractivity contribution in [2.24, 2.45) is 11.7 Å². The fourth-order valence-corrected chi connectivity index (χ4v) is 2.33. The van der Waals surface area contributed by atoms with Gasteiger partial charge in [-0.3, -0.25) is 9.69 Å². The predicted octanol–water partition coefficient (Wildman–Crippen LogP) is 0.914. The normalized spacial score (nSPS) is 19.4. The van der Waals surface area contributed by atoms with Crippen LogP contribution in [0.4, 0.5) is 5.69 Å². The van der Waals surface area contributed by atoms with Crippen molar-refractivity contribution in [3.63, 3.8) is 0 Å². The highest BCUT2D eigenvalue weighted by Gasteiger charge is 2.22. The lowest BCUT2D eigenvalue weighted by atomic mass is 10.1. The second kappa shape index (κ2) is 6.54. The lowest BCUT2D eigenvalue weighted by Gasteiger charge is -2.15. The van der Waals surface area contributed by atoms with E-state index in [0.717, 1.165) is 30.9 Å². The molecule has 3 N–H and O–H groups in total. The third-order valence-electron chi connectivity index (χ3n) is 3.44. The zero-order chi connectivity index (χ0) is 13.7. The number of anilines is 1. The Morgan fingerprint density at radius 1 is 1.47 bits per heavy atom. The van der Waals surface area contributed by atoms with E-state index >= 15 is 0 Å². The van der Waals surface area contributed by atoms with Gasteiger partial charge >= 0.3 is 0 Å². The van der Waals surface area contributed by atoms with Gasteiger partial charge in [0.15, 0.2) is 0 Å². The molecule has 2 rings (SSSR count). The summed E-state index contributed by atoms with van der Waals surface area (Å²) < 4.78 is 5.07. The summed E-state index contributed by atoms with van der Waals surface area (Å²) in [6.07, 6.45) is 1.09. The Bertz CT molecular complexity index is 419. The summed E-state index contributed by atoms with van der Waals surface area (Å²) in [4.78, 5) is 14.1. The van der Waals surface area contributed by atoms with Crippen molar-refractivity contribution in [3.8, 4) is 5.75 Å². The van der Waals surface area contributed by atoms with Gasteiger partial charge in [-0.2, -0.15) is 0 Å². The highest BCUT2D eigenvalue weighted by atomic mass is 16.5. The van der Waals surface area contributed by atoms with Crippen LogP contribution in [0.2, 0.25) is 0 Å². The number of carbonyl (C=O) groups excluding carboxylic acids is 1. The number of carbonyl (C=O) groups is 1. The highest BCUT2D eigenvalue weighted by molar-refractivity contribution is 5.92. The van der Waals surface area contributed by atoms with Gasteiger partial charge in [0.25, 0.3) is 0 Å². The highest BCUT2D eigenvalue weighted by Crippen LogP contribution is 2.16. The van der Waals surface area contributed by atoms with Gasteiger partial charge < -0.3 is 15.8 Å². The van der Waals surface area contributed by atoms with Gasteiger partial charge in [0, 0.05) is 12.2 Å². The minimum atomic E-state index is 0.0165. The number of rotatable bonds is 5. The summed E-state index contributed by atoms with van der Waals surface area (Å²) in [6, 6.07) is 7.33. The third-order valence-corrected chi connectivity index (χ3v) is 3.44. The maximum absolute atomic E-state index is 11.9. The Balaban J connectivity index is 1.80. The van der Waals surface area contributed by atoms with E-state index in [9.17, 15) is 4.79 Å². The van der Waals surface area contributed by atoms with Crippen LogP contribution in [0.5, 0.6) is 5.75 Å². The molecule has 1 amide bonds. The minimum absolute atomic E-state index is 0.0165. The first-order valence-corrected chi connectivity index (χ1v) is 6.57. The average Bonchev–Trinajstić information content (AvgIpc) is 2.87. The first-order valence-electron chi connectivity index (χ1n) is 6.57. The van der Waals surface area contributed by atoms with Gasteiger partial charge in [0.05, 0.1) is 13.7 Å². The Kier molecular flexibility index (Phi) is 4.76. The van der Waals surface area contributed by atoms with Crippen molar-refractivity contribution in [2.45, 2.75) is 6.42 Å². The van der Waals surface area contributed by atoms with Crippen LogP contribution in [0.1, 0.15) is 6.42 Å². The molecule has 5 heteroatoms. The third kappa shape index (κ3) is 3.94. The van der Waals surface area contributed by atoms with Gasteiger partial charge in [-0.25, -0.2) is 0 Å². The fraction of sp³-hybridized carbons (Fsp3) is 0.500. The number of nitrogens with zero attached hydrogens (tertiary/aromatic N) is 1. The van der Waals surface area contributed by atoms with Crippen LogP contribution < -0.4 is 15.8 Å². The van der Waals surface area contributed by atoms with E-state index in [-0.39, 0.29) is 5.91 Å². The van der Waals surface area contributed by atoms with Crippen molar-refractivity contribution < 1.29 is 9.53 Å². The van der Waals surface area contributed by atoms with Gasteiger partial charge in [-0.15, -0.1) is 0 Å². The molecule has 0 saturated carbocycles. The molecule has 1 aromatic carbocycles. The summed E-state index contributed by atoms with van der Waals surface area (Å²) in [6.45, 7) is 3.02. The first kappa shape index (κ1) is 13.8. The van der Waals surface area contributed by atoms with Gasteiger partial charge in [-0.05, 0) is 49.7 Å². The summed E-state index contributed by atoms with van der Waals surface area (Å²) >= 11 is 0. The molecule has 0 spiro atoms. The maximum atomic E-state index is 11.9. The smallest absolute Gasteiger partial charge is 0.238 e. The summed E-state index contributed by atoms with van der Waals surface area (Å²) in [5, 5.41) is 2.89. The van der Waals surface area contributed by atoms with Gasteiger partial charge in [-0.1, -0.05) is 0 Å². The molecular formula is C14H21N3O2. The summed E-state index contributed by atoms with van der Waals surface area (Å²) in [5.41, 5.74) is 6.43. The Hall–Kier alpha value is -1.59. The van der Waals surface area contributed by atoms with Crippen molar-refractivity contribution in [1.29, 1.82) is 0 Å². The molecule has 1 aliphatic heterocycles. The van der Waals surface area contributed by atoms with Crippen molar-refractivity contribution in [3.05, 3.63) is 24.3 Å². The molecule has 0 aliphatic carbocycles. The summed E-state index contributed by atoms with van der Waals surface area (Å²) in [7, 11) is 1.62. The van der Waals surface area contributed by atoms with Crippen LogP contribution in [-0.4, -0.2) is 44.1 Å². The van der Waals surface area contributed by atoms with Crippen LogP contribution in [0.3, 0.4) is 0 Å². The number of likely N-dealkylation sites (tertiary alicyclic amines) is 1. The minimum Gasteiger partial charge on any atom is -0.497 e. The van der Waals surface area contributed by atoms with Gasteiger partial charge in [0.2, 0.25) is 5.91 Å². The van der Waals surface area contributed by atoms with Crippen LogP contribution in [-0.2, 0) is 4.79 Å². The molecule has 1 heterocycles. The molecule has 0 radical (unpaired) electrons. The van der Waals surface area contributed by atoms with Crippen molar-refractivity contribution in [1.82, 2.24) is 4.90 Å². The second-order valence-corrected chi connectivity index (χ2v) is 4.90. The number of methoxy groups -OCH3 is 1. The molecule has 5 nitrogen and oxygen atoms in total. The van der Waals surface area contributed by atoms with E-state index in [4.69, 9.17) is 10.5 Å². The van der Waals surface area contributed by atoms with E-state index in [1.165, 1.54) is 0 Å². The standard InChI is InChI=1S/C14H21N3O2/c1-19-13-4-2-12(3-5-13)16-14(18)10-17-7-6-11(8-15)9-17/h2-5,11H,6-10,15H2,1H3,(H,16,18). The molecule has 1 aromatic rings. The molecule has 1 atom stereocenters. The quantitative estimate of drug-likeness (QED) is 0.829. The largest absolute Gasteiger partial charge is 0.497 e. The molecule has 0 aromatic heterocycles. The molecule has 1 fully saturated rings. The zero-order valence-electron chi connectivity index (χ0n) is 11.3.